The topological polar surface area (TPSA) is 136 Å². The van der Waals surface area contributed by atoms with E-state index < -0.39 is 67.2 Å². The van der Waals surface area contributed by atoms with E-state index in [0.717, 1.165) is 0 Å². The second-order valence-corrected chi connectivity index (χ2v) is 7.34. The zero-order valence-corrected chi connectivity index (χ0v) is 15.2. The fraction of sp³-hybridized carbons (Fsp3) is 1.00. The van der Waals surface area contributed by atoms with Crippen molar-refractivity contribution in [2.45, 2.75) is 88.0 Å². The Morgan fingerprint density at radius 1 is 0.923 bits per heavy atom. The van der Waals surface area contributed by atoms with Crippen LogP contribution in [0.1, 0.15) is 20.8 Å². The number of ether oxygens (including phenoxy) is 6. The van der Waals surface area contributed by atoms with Gasteiger partial charge in [-0.25, -0.2) is 0 Å². The van der Waals surface area contributed by atoms with Crippen LogP contribution in [0.2, 0.25) is 0 Å². The highest BCUT2D eigenvalue weighted by Crippen LogP contribution is 2.34. The van der Waals surface area contributed by atoms with Crippen molar-refractivity contribution in [1.29, 1.82) is 0 Å². The van der Waals surface area contributed by atoms with Gasteiger partial charge in [0.05, 0.1) is 12.7 Å². The lowest BCUT2D eigenvalue weighted by atomic mass is 9.96. The van der Waals surface area contributed by atoms with Gasteiger partial charge >= 0.3 is 0 Å². The minimum atomic E-state index is -1.41. The van der Waals surface area contributed by atoms with Crippen LogP contribution in [0.5, 0.6) is 0 Å². The molecule has 3 saturated heterocycles. The Hall–Kier alpha value is -0.400. The third kappa shape index (κ3) is 3.76. The lowest BCUT2D eigenvalue weighted by molar-refractivity contribution is -0.397. The maximum atomic E-state index is 10.4. The van der Waals surface area contributed by atoms with Crippen LogP contribution in [-0.2, 0) is 28.4 Å². The molecule has 3 aliphatic rings. The molecular weight excluding hydrogens is 352 g/mol. The second-order valence-electron chi connectivity index (χ2n) is 7.34. The molecular formula is C16H28O10. The highest BCUT2D eigenvalue weighted by atomic mass is 16.8. The number of hydrogen-bond donors (Lipinski definition) is 4. The molecule has 4 unspecified atom stereocenters. The molecule has 0 spiro atoms. The fourth-order valence-corrected chi connectivity index (χ4v) is 3.49. The normalized spacial score (nSPS) is 51.7. The van der Waals surface area contributed by atoms with E-state index >= 15 is 0 Å². The van der Waals surface area contributed by atoms with E-state index in [-0.39, 0.29) is 6.61 Å². The lowest BCUT2D eigenvalue weighted by Gasteiger charge is -2.50. The molecule has 10 nitrogen and oxygen atoms in total. The van der Waals surface area contributed by atoms with E-state index in [0.29, 0.717) is 0 Å². The van der Waals surface area contributed by atoms with Crippen LogP contribution in [-0.4, -0.2) is 101 Å². The highest BCUT2D eigenvalue weighted by molar-refractivity contribution is 4.95. The third-order valence-electron chi connectivity index (χ3n) is 4.96. The first-order chi connectivity index (χ1) is 12.1. The Morgan fingerprint density at radius 3 is 2.23 bits per heavy atom. The number of rotatable bonds is 3. The van der Waals surface area contributed by atoms with Crippen molar-refractivity contribution in [3.05, 3.63) is 0 Å². The van der Waals surface area contributed by atoms with Crippen LogP contribution >= 0.6 is 0 Å². The van der Waals surface area contributed by atoms with Crippen LogP contribution in [0.15, 0.2) is 0 Å². The smallest absolute Gasteiger partial charge is 0.187 e. The van der Waals surface area contributed by atoms with Crippen molar-refractivity contribution in [1.82, 2.24) is 0 Å². The van der Waals surface area contributed by atoms with Gasteiger partial charge in [0.15, 0.2) is 18.4 Å². The first-order valence-corrected chi connectivity index (χ1v) is 8.68. The van der Waals surface area contributed by atoms with E-state index in [9.17, 15) is 20.4 Å². The monoisotopic (exact) mass is 380 g/mol. The third-order valence-corrected chi connectivity index (χ3v) is 4.96. The van der Waals surface area contributed by atoms with Gasteiger partial charge in [-0.3, -0.25) is 0 Å². The molecule has 0 aromatic heterocycles. The quantitative estimate of drug-likeness (QED) is 0.439. The Morgan fingerprint density at radius 2 is 1.58 bits per heavy atom. The van der Waals surface area contributed by atoms with Crippen molar-refractivity contribution in [2.75, 3.05) is 13.7 Å². The first-order valence-electron chi connectivity index (χ1n) is 8.68. The highest BCUT2D eigenvalue weighted by Gasteiger charge is 2.53. The van der Waals surface area contributed by atoms with Crippen LogP contribution in [0.3, 0.4) is 0 Å². The Kier molecular flexibility index (Phi) is 5.91. The second kappa shape index (κ2) is 7.55. The molecule has 0 aromatic rings. The Bertz CT molecular complexity index is 486. The summed E-state index contributed by atoms with van der Waals surface area (Å²) in [5.41, 5.74) is 0. The molecule has 10 heteroatoms. The molecule has 0 amide bonds. The van der Waals surface area contributed by atoms with Gasteiger partial charge in [0.25, 0.3) is 0 Å². The van der Waals surface area contributed by atoms with Gasteiger partial charge in [0.1, 0.15) is 42.7 Å². The van der Waals surface area contributed by atoms with Crippen LogP contribution in [0.25, 0.3) is 0 Å². The molecule has 0 aliphatic carbocycles. The van der Waals surface area contributed by atoms with Crippen molar-refractivity contribution in [3.8, 4) is 0 Å². The molecule has 4 N–H and O–H groups in total. The molecule has 3 rings (SSSR count). The fourth-order valence-electron chi connectivity index (χ4n) is 3.49. The first kappa shape index (κ1) is 20.3. The maximum absolute atomic E-state index is 10.4. The predicted molar refractivity (Wildman–Crippen MR) is 83.8 cm³/mol. The maximum Gasteiger partial charge on any atom is 0.187 e. The molecule has 3 heterocycles. The summed E-state index contributed by atoms with van der Waals surface area (Å²) >= 11 is 0. The van der Waals surface area contributed by atoms with Gasteiger partial charge in [-0.15, -0.1) is 0 Å². The zero-order chi connectivity index (χ0) is 19.2. The average Bonchev–Trinajstić information content (AvgIpc) is 2.59. The number of aliphatic hydroxyl groups is 4. The summed E-state index contributed by atoms with van der Waals surface area (Å²) in [5.74, 6) is -0.903. The molecule has 0 aromatic carbocycles. The molecule has 0 saturated carbocycles. The van der Waals surface area contributed by atoms with Crippen LogP contribution in [0.4, 0.5) is 0 Å². The number of hydrogen-bond acceptors (Lipinski definition) is 10. The number of fused-ring (bicyclic) bond motifs is 1. The number of aliphatic hydroxyl groups excluding tert-OH is 4. The predicted octanol–water partition coefficient (Wildman–Crippen LogP) is -1.92. The van der Waals surface area contributed by atoms with Gasteiger partial charge < -0.3 is 48.8 Å². The van der Waals surface area contributed by atoms with Crippen LogP contribution in [0, 0.1) is 0 Å². The molecule has 3 aliphatic heterocycles. The van der Waals surface area contributed by atoms with Gasteiger partial charge in [0, 0.05) is 7.11 Å². The van der Waals surface area contributed by atoms with Crippen LogP contribution < -0.4 is 0 Å². The van der Waals surface area contributed by atoms with E-state index in [2.05, 4.69) is 0 Å². The molecule has 152 valence electrons. The largest absolute Gasteiger partial charge is 0.387 e. The summed E-state index contributed by atoms with van der Waals surface area (Å²) in [4.78, 5) is 0. The van der Waals surface area contributed by atoms with Gasteiger partial charge in [-0.2, -0.15) is 0 Å². The van der Waals surface area contributed by atoms with E-state index in [4.69, 9.17) is 28.4 Å². The van der Waals surface area contributed by atoms with Crippen molar-refractivity contribution in [2.24, 2.45) is 0 Å². The summed E-state index contributed by atoms with van der Waals surface area (Å²) in [5, 5.41) is 41.2. The summed E-state index contributed by atoms with van der Waals surface area (Å²) in [6.45, 7) is 5.19. The summed E-state index contributed by atoms with van der Waals surface area (Å²) in [7, 11) is 1.35. The average molecular weight is 380 g/mol. The standard InChI is InChI=1S/C16H28O10/c1-6-12(8(17)10(19)14(21-4)23-6)25-15-11(20)9(18)13-7(24-15)5-22-16(2,3)26-13/h6-15,17-20H,5H2,1-4H3/t6?,7?,8-,9-,10?,11?,12-,13+,14+,15-/m0/s1. The van der Waals surface area contributed by atoms with Gasteiger partial charge in [0.2, 0.25) is 0 Å². The number of methoxy groups -OCH3 is 1. The summed E-state index contributed by atoms with van der Waals surface area (Å²) in [6, 6.07) is 0. The van der Waals surface area contributed by atoms with E-state index in [1.54, 1.807) is 20.8 Å². The molecule has 10 atom stereocenters. The molecule has 3 fully saturated rings. The minimum Gasteiger partial charge on any atom is -0.387 e. The van der Waals surface area contributed by atoms with Gasteiger partial charge in [-0.1, -0.05) is 0 Å². The van der Waals surface area contributed by atoms with Crippen molar-refractivity contribution < 1.29 is 48.8 Å². The summed E-state index contributed by atoms with van der Waals surface area (Å²) in [6.07, 6.45) is -10.7. The van der Waals surface area contributed by atoms with Crippen molar-refractivity contribution in [3.63, 3.8) is 0 Å². The minimum absolute atomic E-state index is 0.148. The zero-order valence-electron chi connectivity index (χ0n) is 15.2. The van der Waals surface area contributed by atoms with E-state index in [1.807, 2.05) is 0 Å². The SMILES string of the molecule is CO[C@@H]1OC(C)[C@H](O[C@@H]2OC3COC(C)(C)O[C@H]3[C@@H](O)C2O)[C@@H](O)C1O. The van der Waals surface area contributed by atoms with Crippen molar-refractivity contribution >= 4 is 0 Å². The molecule has 26 heavy (non-hydrogen) atoms. The Labute approximate surface area is 151 Å². The molecule has 0 bridgehead atoms. The van der Waals surface area contributed by atoms with Gasteiger partial charge in [-0.05, 0) is 20.8 Å². The van der Waals surface area contributed by atoms with E-state index in [1.165, 1.54) is 7.11 Å². The lowest BCUT2D eigenvalue weighted by Crippen LogP contribution is -2.66. The molecule has 0 radical (unpaired) electrons. The Balaban J connectivity index is 1.68. The summed E-state index contributed by atoms with van der Waals surface area (Å²) < 4.78 is 33.0.